The molecule has 1 rings (SSSR count). The molecule has 0 aliphatic rings. The van der Waals surface area contributed by atoms with Gasteiger partial charge in [-0.3, -0.25) is 0 Å². The van der Waals surface area contributed by atoms with E-state index in [1.54, 1.807) is 6.07 Å². The number of ether oxygens (including phenoxy) is 1. The van der Waals surface area contributed by atoms with Gasteiger partial charge in [-0.05, 0) is 34.7 Å². The molecule has 5 heteroatoms. The van der Waals surface area contributed by atoms with Gasteiger partial charge in [-0.2, -0.15) is 0 Å². The molecular formula is C8H5Cl2IO2. The van der Waals surface area contributed by atoms with Crippen LogP contribution in [0.15, 0.2) is 12.1 Å². The van der Waals surface area contributed by atoms with Crippen molar-refractivity contribution < 1.29 is 9.53 Å². The molecule has 70 valence electrons. The minimum absolute atomic E-state index is 0.350. The Balaban J connectivity index is 3.23. The number of rotatable bonds is 1. The van der Waals surface area contributed by atoms with Crippen LogP contribution in [0.5, 0.6) is 0 Å². The molecule has 0 aliphatic carbocycles. The summed E-state index contributed by atoms with van der Waals surface area (Å²) in [6.45, 7) is 0. The first-order chi connectivity index (χ1) is 6.06. The number of benzene rings is 1. The average Bonchev–Trinajstić information content (AvgIpc) is 2.10. The molecule has 1 aromatic carbocycles. The molecular weight excluding hydrogens is 326 g/mol. The molecule has 13 heavy (non-hydrogen) atoms. The molecule has 2 nitrogen and oxygen atoms in total. The Morgan fingerprint density at radius 1 is 1.38 bits per heavy atom. The summed E-state index contributed by atoms with van der Waals surface area (Å²) < 4.78 is 5.29. The second-order valence-electron chi connectivity index (χ2n) is 2.24. The van der Waals surface area contributed by atoms with Gasteiger partial charge in [-0.1, -0.05) is 23.2 Å². The summed E-state index contributed by atoms with van der Waals surface area (Å²) in [5.41, 5.74) is 0.428. The van der Waals surface area contributed by atoms with Crippen molar-refractivity contribution in [3.8, 4) is 0 Å². The first-order valence-electron chi connectivity index (χ1n) is 3.29. The van der Waals surface area contributed by atoms with Gasteiger partial charge in [-0.25, -0.2) is 4.79 Å². The van der Waals surface area contributed by atoms with E-state index in [9.17, 15) is 4.79 Å². The number of carbonyl (C=O) groups excluding carboxylic acids is 1. The Morgan fingerprint density at radius 3 is 2.46 bits per heavy atom. The Hall–Kier alpha value is -0.000000000000000111. The van der Waals surface area contributed by atoms with Crippen LogP contribution in [0.4, 0.5) is 0 Å². The van der Waals surface area contributed by atoms with Crippen molar-refractivity contribution in [3.05, 3.63) is 31.3 Å². The molecule has 0 amide bonds. The van der Waals surface area contributed by atoms with Crippen LogP contribution in [0.25, 0.3) is 0 Å². The number of halogens is 3. The SMILES string of the molecule is COC(=O)c1cc(Cl)c(Cl)cc1I. The van der Waals surface area contributed by atoms with Gasteiger partial charge >= 0.3 is 5.97 Å². The second kappa shape index (κ2) is 4.48. The first kappa shape index (κ1) is 11.1. The number of carbonyl (C=O) groups is 1. The zero-order valence-electron chi connectivity index (χ0n) is 6.61. The van der Waals surface area contributed by atoms with Crippen LogP contribution in [0.3, 0.4) is 0 Å². The van der Waals surface area contributed by atoms with Crippen molar-refractivity contribution >= 4 is 51.8 Å². The Kier molecular flexibility index (Phi) is 3.82. The number of hydrogen-bond acceptors (Lipinski definition) is 2. The normalized spacial score (nSPS) is 9.85. The zero-order valence-corrected chi connectivity index (χ0v) is 10.3. The highest BCUT2D eigenvalue weighted by atomic mass is 127. The minimum Gasteiger partial charge on any atom is -0.465 e. The van der Waals surface area contributed by atoms with Gasteiger partial charge in [0, 0.05) is 3.57 Å². The van der Waals surface area contributed by atoms with Crippen molar-refractivity contribution in [1.82, 2.24) is 0 Å². The predicted octanol–water partition coefficient (Wildman–Crippen LogP) is 3.38. The van der Waals surface area contributed by atoms with E-state index in [0.717, 1.165) is 3.57 Å². The van der Waals surface area contributed by atoms with Gasteiger partial charge in [0.2, 0.25) is 0 Å². The van der Waals surface area contributed by atoms with E-state index < -0.39 is 5.97 Å². The monoisotopic (exact) mass is 330 g/mol. The van der Waals surface area contributed by atoms with E-state index in [1.165, 1.54) is 13.2 Å². The summed E-state index contributed by atoms with van der Waals surface area (Å²) >= 11 is 13.5. The van der Waals surface area contributed by atoms with E-state index in [4.69, 9.17) is 23.2 Å². The van der Waals surface area contributed by atoms with Crippen LogP contribution in [-0.4, -0.2) is 13.1 Å². The summed E-state index contributed by atoms with van der Waals surface area (Å²) in [7, 11) is 1.32. The highest BCUT2D eigenvalue weighted by molar-refractivity contribution is 14.1. The van der Waals surface area contributed by atoms with Crippen molar-refractivity contribution in [3.63, 3.8) is 0 Å². The predicted molar refractivity (Wildman–Crippen MR) is 60.5 cm³/mol. The molecule has 0 spiro atoms. The third-order valence-corrected chi connectivity index (χ3v) is 3.03. The molecule has 0 unspecified atom stereocenters. The lowest BCUT2D eigenvalue weighted by Gasteiger charge is -2.03. The standard InChI is InChI=1S/C8H5Cl2IO2/c1-13-8(12)4-2-5(9)6(10)3-7(4)11/h2-3H,1H3. The topological polar surface area (TPSA) is 26.3 Å². The van der Waals surface area contributed by atoms with E-state index in [-0.39, 0.29) is 0 Å². The van der Waals surface area contributed by atoms with Gasteiger partial charge in [0.25, 0.3) is 0 Å². The minimum atomic E-state index is -0.414. The summed E-state index contributed by atoms with van der Waals surface area (Å²) in [5.74, 6) is -0.414. The summed E-state index contributed by atoms with van der Waals surface area (Å²) in [4.78, 5) is 11.2. The van der Waals surface area contributed by atoms with E-state index in [2.05, 4.69) is 4.74 Å². The fourth-order valence-electron chi connectivity index (χ4n) is 0.789. The third-order valence-electron chi connectivity index (χ3n) is 1.42. The zero-order chi connectivity index (χ0) is 10.0. The molecule has 0 atom stereocenters. The Labute approximate surface area is 99.3 Å². The van der Waals surface area contributed by atoms with Gasteiger partial charge < -0.3 is 4.74 Å². The molecule has 0 heterocycles. The smallest absolute Gasteiger partial charge is 0.338 e. The van der Waals surface area contributed by atoms with Crippen molar-refractivity contribution in [2.45, 2.75) is 0 Å². The van der Waals surface area contributed by atoms with Crippen molar-refractivity contribution in [2.75, 3.05) is 7.11 Å². The molecule has 1 aromatic rings. The quantitative estimate of drug-likeness (QED) is 0.448. The lowest BCUT2D eigenvalue weighted by Crippen LogP contribution is -2.03. The van der Waals surface area contributed by atoms with E-state index in [1.807, 2.05) is 22.6 Å². The molecule has 0 bridgehead atoms. The molecule has 0 radical (unpaired) electrons. The molecule has 0 saturated heterocycles. The molecule has 0 saturated carbocycles. The maximum atomic E-state index is 11.2. The van der Waals surface area contributed by atoms with Crippen LogP contribution in [0.2, 0.25) is 10.0 Å². The lowest BCUT2D eigenvalue weighted by atomic mass is 10.2. The van der Waals surface area contributed by atoms with E-state index in [0.29, 0.717) is 15.6 Å². The first-order valence-corrected chi connectivity index (χ1v) is 5.12. The van der Waals surface area contributed by atoms with Gasteiger partial charge in [-0.15, -0.1) is 0 Å². The maximum Gasteiger partial charge on any atom is 0.338 e. The van der Waals surface area contributed by atoms with Crippen LogP contribution in [0, 0.1) is 3.57 Å². The summed E-state index contributed by atoms with van der Waals surface area (Å²) in [5, 5.41) is 0.779. The summed E-state index contributed by atoms with van der Waals surface area (Å²) in [6.07, 6.45) is 0. The van der Waals surface area contributed by atoms with E-state index >= 15 is 0 Å². The second-order valence-corrected chi connectivity index (χ2v) is 4.21. The van der Waals surface area contributed by atoms with Crippen molar-refractivity contribution in [2.24, 2.45) is 0 Å². The Morgan fingerprint density at radius 2 is 1.92 bits per heavy atom. The highest BCUT2D eigenvalue weighted by Crippen LogP contribution is 2.27. The number of hydrogen-bond donors (Lipinski definition) is 0. The van der Waals surface area contributed by atoms with Crippen LogP contribution >= 0.6 is 45.8 Å². The third kappa shape index (κ3) is 2.48. The molecule has 0 aliphatic heterocycles. The average molecular weight is 331 g/mol. The molecule has 0 fully saturated rings. The number of methoxy groups -OCH3 is 1. The van der Waals surface area contributed by atoms with Gasteiger partial charge in [0.05, 0.1) is 22.7 Å². The van der Waals surface area contributed by atoms with Crippen LogP contribution in [0.1, 0.15) is 10.4 Å². The fourth-order valence-corrected chi connectivity index (χ4v) is 1.99. The summed E-state index contributed by atoms with van der Waals surface area (Å²) in [6, 6.07) is 3.12. The molecule has 0 aromatic heterocycles. The largest absolute Gasteiger partial charge is 0.465 e. The van der Waals surface area contributed by atoms with Crippen LogP contribution < -0.4 is 0 Å². The number of esters is 1. The van der Waals surface area contributed by atoms with Crippen molar-refractivity contribution in [1.29, 1.82) is 0 Å². The van der Waals surface area contributed by atoms with Gasteiger partial charge in [0.15, 0.2) is 0 Å². The van der Waals surface area contributed by atoms with Crippen LogP contribution in [-0.2, 0) is 4.74 Å². The molecule has 0 N–H and O–H groups in total. The lowest BCUT2D eigenvalue weighted by molar-refractivity contribution is 0.0599. The van der Waals surface area contributed by atoms with Gasteiger partial charge in [0.1, 0.15) is 0 Å². The fraction of sp³-hybridized carbons (Fsp3) is 0.125. The highest BCUT2D eigenvalue weighted by Gasteiger charge is 2.12. The Bertz CT molecular complexity index is 352. The maximum absolute atomic E-state index is 11.2.